The van der Waals surface area contributed by atoms with Crippen LogP contribution in [0.5, 0.6) is 5.75 Å². The van der Waals surface area contributed by atoms with E-state index in [0.717, 1.165) is 0 Å². The van der Waals surface area contributed by atoms with E-state index in [1.807, 2.05) is 0 Å². The van der Waals surface area contributed by atoms with Gasteiger partial charge in [0.15, 0.2) is 5.96 Å². The van der Waals surface area contributed by atoms with Gasteiger partial charge >= 0.3 is 5.97 Å². The molecule has 1 aliphatic rings. The van der Waals surface area contributed by atoms with Crippen LogP contribution in [0.1, 0.15) is 69.5 Å². The van der Waals surface area contributed by atoms with Crippen molar-refractivity contribution in [1.29, 1.82) is 5.41 Å². The van der Waals surface area contributed by atoms with Crippen LogP contribution in [0.2, 0.25) is 0 Å². The van der Waals surface area contributed by atoms with Crippen LogP contribution in [0.15, 0.2) is 36.8 Å². The number of thiol groups is 4. The number of H-pyrrole nitrogens is 1. The fraction of sp³-hybridized carbons (Fsp3) is 0.569. The number of benzene rings is 1. The van der Waals surface area contributed by atoms with E-state index in [1.54, 1.807) is 0 Å². The van der Waals surface area contributed by atoms with Gasteiger partial charge in [-0.2, -0.15) is 50.5 Å². The van der Waals surface area contributed by atoms with Crippen molar-refractivity contribution in [3.05, 3.63) is 48.0 Å². The first-order valence-corrected chi connectivity index (χ1v) is 34.2. The molecule has 12 atom stereocenters. The molecule has 0 unspecified atom stereocenters. The summed E-state index contributed by atoms with van der Waals surface area (Å²) in [6, 6.07) is -12.4. The maximum atomic E-state index is 14.5. The van der Waals surface area contributed by atoms with Crippen LogP contribution >= 0.6 is 50.5 Å². The van der Waals surface area contributed by atoms with Gasteiger partial charge < -0.3 is 117 Å². The number of aliphatic hydroxyl groups excluding tert-OH is 1. The summed E-state index contributed by atoms with van der Waals surface area (Å²) in [5.74, 6) is -16.5. The second-order valence-electron chi connectivity index (χ2n) is 22.9. The largest absolute Gasteiger partial charge is 0.508 e. The number of hydrogen-bond acceptors (Lipinski definition) is 25. The number of imidazole rings is 1. The number of primary amides is 1. The average molecular weight is 1500 g/mol. The molecule has 2 heterocycles. The zero-order valence-electron chi connectivity index (χ0n) is 55.0. The number of aliphatic carboxylic acids is 1. The highest BCUT2D eigenvalue weighted by atomic mass is 32.1. The third-order valence-electron chi connectivity index (χ3n) is 15.1. The number of unbranched alkanes of at least 4 members (excludes halogenated alkanes) is 1. The number of carbonyl (C=O) groups is 15. The number of likely N-dealkylation sites (tertiary alicyclic amines) is 1. The van der Waals surface area contributed by atoms with Gasteiger partial charge in [-0.1, -0.05) is 12.1 Å². The monoisotopic (exact) mass is 1500 g/mol. The van der Waals surface area contributed by atoms with Gasteiger partial charge in [-0.25, -0.2) is 9.78 Å². The number of guanidine groups is 1. The topological polar surface area (TPSA) is 633 Å². The third kappa shape index (κ3) is 29.9. The molecule has 0 spiro atoms. The maximum absolute atomic E-state index is 14.5. The predicted molar refractivity (Wildman–Crippen MR) is 374 cm³/mol. The molecule has 101 heavy (non-hydrogen) atoms. The molecule has 0 bridgehead atoms. The lowest BCUT2D eigenvalue weighted by molar-refractivity contribution is -0.142. The second-order valence-corrected chi connectivity index (χ2v) is 24.4. The SMILES string of the molecule is C[C@H](NC(=O)[C@@H]1CCCN1C(=O)[C@H](Cc1c[nH]cn1)NC(=O)[C@H](CS)NC(=O)[C@H](CS)NC(=O)[C@H](CCCNC(=N)N)NC(=O)CN)C(=O)N[C@@H](CS)C(=O)NCC(=O)N[C@@H](CCCCN)C(=O)N[C@@H](CC(N)=O)C(=O)N[C@@H](Cc1ccc(O)cc1)C(=O)N[C@@H](CO)C(=O)N[C@@H](CS)C(=O)O. The zero-order chi connectivity index (χ0) is 75.5. The van der Waals surface area contributed by atoms with E-state index >= 15 is 0 Å². The lowest BCUT2D eigenvalue weighted by Gasteiger charge is -2.30. The zero-order valence-corrected chi connectivity index (χ0v) is 58.6. The molecular formula is C58H91N21O18S4. The first-order valence-electron chi connectivity index (χ1n) is 31.6. The number of phenols is 1. The smallest absolute Gasteiger partial charge is 0.327 e. The van der Waals surface area contributed by atoms with E-state index in [-0.39, 0.29) is 99.3 Å². The van der Waals surface area contributed by atoms with E-state index in [9.17, 15) is 87.2 Å². The molecule has 39 nitrogen and oxygen atoms in total. The molecule has 1 aromatic heterocycles. The molecular weight excluding hydrogens is 1410 g/mol. The molecule has 0 radical (unpaired) electrons. The fourth-order valence-electron chi connectivity index (χ4n) is 9.69. The van der Waals surface area contributed by atoms with Crippen molar-refractivity contribution in [3.8, 4) is 5.75 Å². The molecule has 1 aliphatic heterocycles. The molecule has 14 amide bonds. The lowest BCUT2D eigenvalue weighted by atomic mass is 10.0. The Labute approximate surface area is 601 Å². The normalized spacial score (nSPS) is 15.7. The van der Waals surface area contributed by atoms with E-state index in [1.165, 1.54) is 48.6 Å². The number of phenolic OH excluding ortho intramolecular Hbond substituents is 1. The summed E-state index contributed by atoms with van der Waals surface area (Å²) in [5.41, 5.74) is 22.5. The van der Waals surface area contributed by atoms with Crippen molar-refractivity contribution < 1.29 is 87.2 Å². The standard InChI is InChI=1S/C58H91N21O18S4/c1-28(68-55(94)42-8-5-15-79(42)56(95)36(17-30-20-64-27-67-30)73-53(92)39(24-99)77-54(93)40(25-100)76-49(88)33(69-44(83)19-60)7-4-14-65-58(62)63)46(85)75-38(23-98)47(86)66-21-45(84)70-32(6-2-3-13-59)48(87)72-35(18-43(61)82)51(90)71-34(16-29-9-11-31(81)12-10-29)50(89)74-37(22-80)52(91)78-41(26-101)57(96)97/h9-12,20,27-28,32-42,80-81,98-101H,2-8,13-19,21-26,59-60H2,1H3,(H2,61,82)(H,64,67)(H,66,86)(H,68,94)(H,69,83)(H,70,84)(H,71,90)(H,72,87)(H,73,92)(H,74,89)(H,75,85)(H,76,88)(H,77,93)(H,78,91)(H,96,97)(H4,62,63,65)/t28-,32-,33-,34-,35-,36-,37-,38-,39-,40-,41-,42-/m0/s1. The highest BCUT2D eigenvalue weighted by molar-refractivity contribution is 7.80. The van der Waals surface area contributed by atoms with Crippen LogP contribution < -0.4 is 92.1 Å². The minimum absolute atomic E-state index is 0.0190. The Balaban J connectivity index is 1.70. The Kier molecular flexibility index (Phi) is 38.2. The van der Waals surface area contributed by atoms with Crippen LogP contribution in [-0.2, 0) is 84.8 Å². The van der Waals surface area contributed by atoms with Crippen LogP contribution in [0.4, 0.5) is 0 Å². The number of nitrogens with one attached hydrogen (secondary N) is 15. The molecule has 3 rings (SSSR count). The van der Waals surface area contributed by atoms with E-state index < -0.39 is 187 Å². The maximum Gasteiger partial charge on any atom is 0.327 e. The van der Waals surface area contributed by atoms with Gasteiger partial charge in [0, 0.05) is 55.1 Å². The minimum atomic E-state index is -1.84. The highest BCUT2D eigenvalue weighted by Crippen LogP contribution is 2.21. The van der Waals surface area contributed by atoms with Gasteiger partial charge in [-0.15, -0.1) is 0 Å². The summed E-state index contributed by atoms with van der Waals surface area (Å²) in [4.78, 5) is 209. The van der Waals surface area contributed by atoms with Crippen molar-refractivity contribution in [1.82, 2.24) is 84.0 Å². The van der Waals surface area contributed by atoms with Crippen molar-refractivity contribution in [2.75, 3.05) is 62.3 Å². The van der Waals surface area contributed by atoms with Crippen molar-refractivity contribution in [3.63, 3.8) is 0 Å². The quantitative estimate of drug-likeness (QED) is 0.0127. The van der Waals surface area contributed by atoms with Crippen LogP contribution in [0.25, 0.3) is 0 Å². The van der Waals surface area contributed by atoms with Crippen molar-refractivity contribution >= 4 is 145 Å². The number of nitrogens with two attached hydrogens (primary N) is 4. The van der Waals surface area contributed by atoms with Crippen LogP contribution in [0, 0.1) is 5.41 Å². The van der Waals surface area contributed by atoms with E-state index in [4.69, 9.17) is 28.3 Å². The summed E-state index contributed by atoms with van der Waals surface area (Å²) < 4.78 is 0. The summed E-state index contributed by atoms with van der Waals surface area (Å²) in [6.45, 7) is -0.673. The Morgan fingerprint density at radius 1 is 0.594 bits per heavy atom. The van der Waals surface area contributed by atoms with Gasteiger partial charge in [-0.05, 0) is 76.1 Å². The lowest BCUT2D eigenvalue weighted by Crippen LogP contribution is -2.61. The van der Waals surface area contributed by atoms with Gasteiger partial charge in [0.25, 0.3) is 0 Å². The number of aromatic amines is 1. The van der Waals surface area contributed by atoms with Crippen molar-refractivity contribution in [2.24, 2.45) is 22.9 Å². The van der Waals surface area contributed by atoms with Gasteiger partial charge in [0.1, 0.15) is 78.3 Å². The molecule has 26 N–H and O–H groups in total. The average Bonchev–Trinajstić information content (AvgIpc) is 1.75. The Morgan fingerprint density at radius 3 is 1.62 bits per heavy atom. The van der Waals surface area contributed by atoms with Gasteiger partial charge in [0.2, 0.25) is 82.7 Å². The Hall–Kier alpha value is -9.17. The number of carbonyl (C=O) groups excluding carboxylic acids is 14. The number of carboxylic acids is 1. The third-order valence-corrected chi connectivity index (χ3v) is 16.6. The highest BCUT2D eigenvalue weighted by Gasteiger charge is 2.41. The molecule has 43 heteroatoms. The molecule has 1 fully saturated rings. The molecule has 0 saturated carbocycles. The number of aromatic nitrogens is 2. The molecule has 560 valence electrons. The van der Waals surface area contributed by atoms with E-state index in [0.29, 0.717) is 24.1 Å². The number of aliphatic hydroxyl groups is 1. The summed E-state index contributed by atoms with van der Waals surface area (Å²) in [6.07, 6.45) is 2.48. The number of amides is 14. The van der Waals surface area contributed by atoms with Gasteiger partial charge in [0.05, 0.1) is 38.1 Å². The number of carboxylic acid groups (broad SMARTS) is 1. The summed E-state index contributed by atoms with van der Waals surface area (Å²) in [7, 11) is 0. The first-order chi connectivity index (χ1) is 47.9. The molecule has 1 aromatic carbocycles. The number of hydrogen-bond donors (Lipinski definition) is 26. The molecule has 1 saturated heterocycles. The molecule has 2 aromatic rings. The van der Waals surface area contributed by atoms with Crippen LogP contribution in [0.3, 0.4) is 0 Å². The number of nitrogens with zero attached hydrogens (tertiary/aromatic N) is 2. The van der Waals surface area contributed by atoms with E-state index in [2.05, 4.69) is 130 Å². The fourth-order valence-corrected chi connectivity index (χ4v) is 10.7. The number of rotatable bonds is 45. The first kappa shape index (κ1) is 86.1. The second kappa shape index (κ2) is 44.9. The van der Waals surface area contributed by atoms with Crippen LogP contribution in [-0.4, -0.2) is 260 Å². The molecule has 0 aliphatic carbocycles. The van der Waals surface area contributed by atoms with Crippen molar-refractivity contribution in [2.45, 2.75) is 144 Å². The number of aromatic hydroxyl groups is 1. The summed E-state index contributed by atoms with van der Waals surface area (Å²) >= 11 is 16.5. The Morgan fingerprint density at radius 2 is 1.09 bits per heavy atom. The Bertz CT molecular complexity index is 3200. The predicted octanol–water partition coefficient (Wildman–Crippen LogP) is -9.62. The van der Waals surface area contributed by atoms with Gasteiger partial charge in [-0.3, -0.25) is 72.5 Å². The minimum Gasteiger partial charge on any atom is -0.508 e. The summed E-state index contributed by atoms with van der Waals surface area (Å²) in [5, 5.41) is 67.9.